The first-order chi connectivity index (χ1) is 22.6. The standard InChI is InChI=1S/C37H39ClFN3O4S/c1-27-23-30(38)19-22-34(27)42(47(45,46)33-15-9-4-10-16-33)26-36(43)41(25-29-17-20-31(39)21-18-29)35(24-28-11-5-2-6-12-28)37(44)40-32-13-7-3-8-14-32/h2,4-6,9-12,15-23,32,35H,3,7-8,13-14,24-26H2,1H3,(H,40,44). The molecule has 1 aliphatic rings. The van der Waals surface area contributed by atoms with Crippen LogP contribution in [0.1, 0.15) is 48.8 Å². The van der Waals surface area contributed by atoms with Crippen LogP contribution in [0.25, 0.3) is 0 Å². The number of hydrogen-bond donors (Lipinski definition) is 1. The van der Waals surface area contributed by atoms with E-state index in [2.05, 4.69) is 5.32 Å². The average Bonchev–Trinajstić information content (AvgIpc) is 3.07. The van der Waals surface area contributed by atoms with Crippen molar-refractivity contribution in [3.63, 3.8) is 0 Å². The summed E-state index contributed by atoms with van der Waals surface area (Å²) in [5.74, 6) is -1.32. The van der Waals surface area contributed by atoms with Gasteiger partial charge in [0.15, 0.2) is 0 Å². The molecule has 0 radical (unpaired) electrons. The topological polar surface area (TPSA) is 86.8 Å². The van der Waals surface area contributed by atoms with Crippen molar-refractivity contribution in [1.29, 1.82) is 0 Å². The fourth-order valence-electron chi connectivity index (χ4n) is 6.02. The minimum absolute atomic E-state index is 0.0102. The molecular formula is C37H39ClFN3O4S. The summed E-state index contributed by atoms with van der Waals surface area (Å²) in [6, 6.07) is 26.9. The molecule has 10 heteroatoms. The van der Waals surface area contributed by atoms with Gasteiger partial charge in [0.25, 0.3) is 10.0 Å². The second kappa shape index (κ2) is 15.6. The Labute approximate surface area is 281 Å². The average molecular weight is 676 g/mol. The Morgan fingerprint density at radius 1 is 0.872 bits per heavy atom. The van der Waals surface area contributed by atoms with Gasteiger partial charge in [-0.2, -0.15) is 0 Å². The quantitative estimate of drug-likeness (QED) is 0.174. The van der Waals surface area contributed by atoms with Gasteiger partial charge in [-0.15, -0.1) is 0 Å². The van der Waals surface area contributed by atoms with Crippen LogP contribution in [0.4, 0.5) is 10.1 Å². The number of carbonyl (C=O) groups is 2. The molecular weight excluding hydrogens is 637 g/mol. The van der Waals surface area contributed by atoms with E-state index < -0.39 is 34.3 Å². The highest BCUT2D eigenvalue weighted by molar-refractivity contribution is 7.92. The molecule has 4 aromatic rings. The van der Waals surface area contributed by atoms with E-state index in [0.29, 0.717) is 21.8 Å². The van der Waals surface area contributed by atoms with E-state index in [9.17, 15) is 22.4 Å². The van der Waals surface area contributed by atoms with Crippen LogP contribution in [-0.2, 0) is 32.6 Å². The van der Waals surface area contributed by atoms with Gasteiger partial charge >= 0.3 is 0 Å². The zero-order valence-electron chi connectivity index (χ0n) is 26.3. The number of hydrogen-bond acceptors (Lipinski definition) is 4. The molecule has 7 nitrogen and oxygen atoms in total. The fraction of sp³-hybridized carbons (Fsp3) is 0.297. The van der Waals surface area contributed by atoms with Gasteiger partial charge < -0.3 is 10.2 Å². The summed E-state index contributed by atoms with van der Waals surface area (Å²) in [4.78, 5) is 30.2. The van der Waals surface area contributed by atoms with Gasteiger partial charge in [0.1, 0.15) is 18.4 Å². The maximum Gasteiger partial charge on any atom is 0.264 e. The summed E-state index contributed by atoms with van der Waals surface area (Å²) >= 11 is 6.23. The minimum Gasteiger partial charge on any atom is -0.352 e. The van der Waals surface area contributed by atoms with E-state index >= 15 is 0 Å². The number of aryl methyl sites for hydroxylation is 1. The maximum absolute atomic E-state index is 14.6. The van der Waals surface area contributed by atoms with E-state index in [1.807, 2.05) is 30.3 Å². The predicted molar refractivity (Wildman–Crippen MR) is 183 cm³/mol. The number of nitrogens with zero attached hydrogens (tertiary/aromatic N) is 2. The van der Waals surface area contributed by atoms with Crippen molar-refractivity contribution in [3.8, 4) is 0 Å². The number of anilines is 1. The molecule has 1 saturated carbocycles. The number of amides is 2. The molecule has 0 bridgehead atoms. The molecule has 4 aromatic carbocycles. The van der Waals surface area contributed by atoms with Crippen molar-refractivity contribution in [3.05, 3.63) is 131 Å². The molecule has 1 aliphatic carbocycles. The highest BCUT2D eigenvalue weighted by Gasteiger charge is 2.35. The number of halogens is 2. The summed E-state index contributed by atoms with van der Waals surface area (Å²) in [6.07, 6.45) is 5.06. The Bertz CT molecular complexity index is 1770. The van der Waals surface area contributed by atoms with E-state index in [0.717, 1.165) is 42.0 Å². The van der Waals surface area contributed by atoms with Crippen LogP contribution in [0.3, 0.4) is 0 Å². The molecule has 1 unspecified atom stereocenters. The van der Waals surface area contributed by atoms with Crippen molar-refractivity contribution < 1.29 is 22.4 Å². The first kappa shape index (κ1) is 34.1. The molecule has 5 rings (SSSR count). The molecule has 0 spiro atoms. The largest absolute Gasteiger partial charge is 0.352 e. The Balaban J connectivity index is 1.57. The van der Waals surface area contributed by atoms with Crippen molar-refractivity contribution in [2.24, 2.45) is 0 Å². The summed E-state index contributed by atoms with van der Waals surface area (Å²) in [7, 11) is -4.23. The number of rotatable bonds is 12. The summed E-state index contributed by atoms with van der Waals surface area (Å²) in [5, 5.41) is 3.61. The molecule has 0 saturated heterocycles. The summed E-state index contributed by atoms with van der Waals surface area (Å²) in [5.41, 5.74) is 2.30. The highest BCUT2D eigenvalue weighted by Crippen LogP contribution is 2.30. The molecule has 0 aromatic heterocycles. The lowest BCUT2D eigenvalue weighted by atomic mass is 9.94. The number of sulfonamides is 1. The Hall–Kier alpha value is -4.21. The molecule has 2 amide bonds. The Kier molecular flexibility index (Phi) is 11.3. The van der Waals surface area contributed by atoms with Crippen LogP contribution >= 0.6 is 11.6 Å². The van der Waals surface area contributed by atoms with Gasteiger partial charge in [0, 0.05) is 24.0 Å². The van der Waals surface area contributed by atoms with E-state index in [-0.39, 0.29) is 29.8 Å². The number of nitrogens with one attached hydrogen (secondary N) is 1. The molecule has 1 N–H and O–H groups in total. The first-order valence-electron chi connectivity index (χ1n) is 15.8. The third-order valence-corrected chi connectivity index (χ3v) is 10.5. The second-order valence-corrected chi connectivity index (χ2v) is 14.3. The summed E-state index contributed by atoms with van der Waals surface area (Å²) in [6.45, 7) is 1.11. The lowest BCUT2D eigenvalue weighted by molar-refractivity contribution is -0.140. The molecule has 1 fully saturated rings. The van der Waals surface area contributed by atoms with Crippen LogP contribution in [0.5, 0.6) is 0 Å². The first-order valence-corrected chi connectivity index (χ1v) is 17.7. The molecule has 1 atom stereocenters. The van der Waals surface area contributed by atoms with Gasteiger partial charge in [-0.05, 0) is 78.9 Å². The van der Waals surface area contributed by atoms with Gasteiger partial charge in [0.05, 0.1) is 10.6 Å². The minimum atomic E-state index is -4.23. The van der Waals surface area contributed by atoms with Crippen molar-refractivity contribution in [2.45, 2.75) is 69.0 Å². The third-order valence-electron chi connectivity index (χ3n) is 8.53. The molecule has 0 heterocycles. The predicted octanol–water partition coefficient (Wildman–Crippen LogP) is 7.07. The fourth-order valence-corrected chi connectivity index (χ4v) is 7.74. The highest BCUT2D eigenvalue weighted by atomic mass is 35.5. The maximum atomic E-state index is 14.6. The van der Waals surface area contributed by atoms with Gasteiger partial charge in [-0.1, -0.05) is 91.5 Å². The number of benzene rings is 4. The van der Waals surface area contributed by atoms with Crippen LogP contribution in [0, 0.1) is 12.7 Å². The zero-order chi connectivity index (χ0) is 33.4. The Morgan fingerprint density at radius 2 is 1.51 bits per heavy atom. The van der Waals surface area contributed by atoms with Crippen molar-refractivity contribution >= 4 is 39.1 Å². The van der Waals surface area contributed by atoms with Crippen LogP contribution in [0.15, 0.2) is 108 Å². The molecule has 0 aliphatic heterocycles. The van der Waals surface area contributed by atoms with E-state index in [1.165, 1.54) is 29.2 Å². The normalized spacial score (nSPS) is 14.3. The van der Waals surface area contributed by atoms with Crippen LogP contribution < -0.4 is 9.62 Å². The SMILES string of the molecule is Cc1cc(Cl)ccc1N(CC(=O)N(Cc1ccc(F)cc1)C(Cc1ccccc1)C(=O)NC1CCCCC1)S(=O)(=O)c1ccccc1. The van der Waals surface area contributed by atoms with Crippen molar-refractivity contribution in [2.75, 3.05) is 10.8 Å². The molecule has 246 valence electrons. The lowest BCUT2D eigenvalue weighted by Crippen LogP contribution is -2.55. The van der Waals surface area contributed by atoms with Crippen molar-refractivity contribution in [1.82, 2.24) is 10.2 Å². The van der Waals surface area contributed by atoms with E-state index in [1.54, 1.807) is 55.5 Å². The van der Waals surface area contributed by atoms with Crippen LogP contribution in [0.2, 0.25) is 5.02 Å². The van der Waals surface area contributed by atoms with Gasteiger partial charge in [0.2, 0.25) is 11.8 Å². The summed E-state index contributed by atoms with van der Waals surface area (Å²) < 4.78 is 43.3. The number of carbonyl (C=O) groups excluding carboxylic acids is 2. The lowest BCUT2D eigenvalue weighted by Gasteiger charge is -2.35. The van der Waals surface area contributed by atoms with Crippen LogP contribution in [-0.4, -0.2) is 43.8 Å². The van der Waals surface area contributed by atoms with Gasteiger partial charge in [-0.25, -0.2) is 12.8 Å². The third kappa shape index (κ3) is 8.78. The molecule has 47 heavy (non-hydrogen) atoms. The monoisotopic (exact) mass is 675 g/mol. The van der Waals surface area contributed by atoms with Gasteiger partial charge in [-0.3, -0.25) is 13.9 Å². The second-order valence-electron chi connectivity index (χ2n) is 12.0. The Morgan fingerprint density at radius 3 is 2.15 bits per heavy atom. The smallest absolute Gasteiger partial charge is 0.264 e. The zero-order valence-corrected chi connectivity index (χ0v) is 27.9. The van der Waals surface area contributed by atoms with E-state index in [4.69, 9.17) is 11.6 Å².